The van der Waals surface area contributed by atoms with Gasteiger partial charge in [-0.05, 0) is 12.3 Å². The van der Waals surface area contributed by atoms with E-state index in [1.165, 1.54) is 11.3 Å². The van der Waals surface area contributed by atoms with Gasteiger partial charge in [-0.1, -0.05) is 25.2 Å². The van der Waals surface area contributed by atoms with Crippen molar-refractivity contribution >= 4 is 23.7 Å². The maximum atomic E-state index is 11.7. The topological polar surface area (TPSA) is 68.3 Å². The average Bonchev–Trinajstić information content (AvgIpc) is 2.69. The zero-order chi connectivity index (χ0) is 12.0. The summed E-state index contributed by atoms with van der Waals surface area (Å²) in [5, 5.41) is 4.46. The molecule has 0 fully saturated rings. The van der Waals surface area contributed by atoms with Gasteiger partial charge in [-0.3, -0.25) is 4.79 Å². The molecule has 0 saturated carbocycles. The van der Waals surface area contributed by atoms with Gasteiger partial charge in [-0.25, -0.2) is 9.78 Å². The summed E-state index contributed by atoms with van der Waals surface area (Å²) in [4.78, 5) is 25.9. The van der Waals surface area contributed by atoms with Gasteiger partial charge in [0.25, 0.3) is 5.19 Å². The molecule has 0 unspecified atom stereocenters. The van der Waals surface area contributed by atoms with Crippen molar-refractivity contribution in [2.24, 2.45) is 5.92 Å². The van der Waals surface area contributed by atoms with Crippen molar-refractivity contribution < 1.29 is 45.3 Å². The van der Waals surface area contributed by atoms with Crippen LogP contribution in [0.1, 0.15) is 21.7 Å². The van der Waals surface area contributed by atoms with Crippen LogP contribution < -0.4 is 39.6 Å². The van der Waals surface area contributed by atoms with Gasteiger partial charge in [0.1, 0.15) is 6.04 Å². The minimum absolute atomic E-state index is 0. The first-order chi connectivity index (χ1) is 7.63. The number of thiazole rings is 1. The summed E-state index contributed by atoms with van der Waals surface area (Å²) in [7, 11) is 0. The predicted octanol–water partition coefficient (Wildman–Crippen LogP) is -1.67. The second-order valence-electron chi connectivity index (χ2n) is 3.69. The van der Waals surface area contributed by atoms with Crippen molar-refractivity contribution in [3.05, 3.63) is 11.6 Å². The molecule has 0 bridgehead atoms. The van der Waals surface area contributed by atoms with Crippen molar-refractivity contribution in [2.45, 2.75) is 26.3 Å². The number of carbonyl (C=O) groups is 2. The Kier molecular flexibility index (Phi) is 8.41. The van der Waals surface area contributed by atoms with Gasteiger partial charge in [-0.2, -0.15) is 0 Å². The molecule has 1 aromatic rings. The number of amides is 1. The summed E-state index contributed by atoms with van der Waals surface area (Å²) in [6.07, 6.45) is 2.61. The van der Waals surface area contributed by atoms with Gasteiger partial charge < -0.3 is 11.5 Å². The van der Waals surface area contributed by atoms with Crippen molar-refractivity contribution in [3.63, 3.8) is 0 Å². The molecule has 0 aliphatic heterocycles. The molecule has 1 amide bonds. The molecule has 0 aromatic carbocycles. The van der Waals surface area contributed by atoms with E-state index < -0.39 is 12.0 Å². The Hall–Kier alpha value is -0.430. The van der Waals surface area contributed by atoms with Crippen LogP contribution in [0, 0.1) is 5.92 Å². The number of esters is 1. The molecule has 1 atom stereocenters. The van der Waals surface area contributed by atoms with E-state index in [9.17, 15) is 9.59 Å². The molecular formula is C10H15N2NaO3S. The summed E-state index contributed by atoms with van der Waals surface area (Å²) in [5.41, 5.74) is 0. The number of hydrogen-bond acceptors (Lipinski definition) is 5. The zero-order valence-electron chi connectivity index (χ0n) is 11.2. The van der Waals surface area contributed by atoms with Crippen molar-refractivity contribution in [2.75, 3.05) is 0 Å². The van der Waals surface area contributed by atoms with Crippen LogP contribution in [0.15, 0.2) is 11.6 Å². The molecule has 5 nitrogen and oxygen atoms in total. The predicted molar refractivity (Wildman–Crippen MR) is 61.3 cm³/mol. The smallest absolute Gasteiger partial charge is 1.00 e. The van der Waals surface area contributed by atoms with Gasteiger partial charge in [0.2, 0.25) is 6.41 Å². The minimum Gasteiger partial charge on any atom is -1.00 e. The second kappa shape index (κ2) is 8.63. The first-order valence-electron chi connectivity index (χ1n) is 4.94. The second-order valence-corrected chi connectivity index (χ2v) is 4.54. The van der Waals surface area contributed by atoms with Crippen LogP contribution >= 0.6 is 11.3 Å². The summed E-state index contributed by atoms with van der Waals surface area (Å²) < 4.78 is 5.02. The molecule has 1 heterocycles. The number of carbonyl (C=O) groups excluding carboxylic acids is 2. The van der Waals surface area contributed by atoms with Gasteiger partial charge in [0, 0.05) is 11.6 Å². The minimum atomic E-state index is -0.610. The van der Waals surface area contributed by atoms with Gasteiger partial charge in [0.15, 0.2) is 0 Å². The largest absolute Gasteiger partial charge is 1.00 e. The van der Waals surface area contributed by atoms with Gasteiger partial charge >= 0.3 is 35.5 Å². The number of rotatable bonds is 6. The number of nitrogens with zero attached hydrogens (tertiary/aromatic N) is 1. The molecule has 0 aliphatic rings. The quantitative estimate of drug-likeness (QED) is 0.380. The molecule has 90 valence electrons. The molecule has 17 heavy (non-hydrogen) atoms. The maximum absolute atomic E-state index is 11.7. The third-order valence-corrected chi connectivity index (χ3v) is 2.51. The van der Waals surface area contributed by atoms with Gasteiger partial charge in [-0.15, -0.1) is 0 Å². The van der Waals surface area contributed by atoms with Crippen molar-refractivity contribution in [1.29, 1.82) is 0 Å². The third kappa shape index (κ3) is 6.16. The Morgan fingerprint density at radius 2 is 2.41 bits per heavy atom. The summed E-state index contributed by atoms with van der Waals surface area (Å²) in [6.45, 7) is 3.94. The maximum Gasteiger partial charge on any atom is 1.00 e. The summed E-state index contributed by atoms with van der Waals surface area (Å²) in [5.74, 6) is -0.183. The first kappa shape index (κ1) is 16.6. The zero-order valence-corrected chi connectivity index (χ0v) is 13.0. The van der Waals surface area contributed by atoms with E-state index in [0.717, 1.165) is 0 Å². The van der Waals surface area contributed by atoms with Crippen LogP contribution in [0.25, 0.3) is 0 Å². The average molecular weight is 266 g/mol. The molecule has 0 aliphatic carbocycles. The molecule has 1 N–H and O–H groups in total. The Morgan fingerprint density at radius 1 is 1.71 bits per heavy atom. The molecule has 7 heteroatoms. The van der Waals surface area contributed by atoms with E-state index in [1.807, 2.05) is 13.8 Å². The van der Waals surface area contributed by atoms with Gasteiger partial charge in [0.05, 0.1) is 0 Å². The Balaban J connectivity index is 0. The molecule has 0 saturated heterocycles. The monoisotopic (exact) mass is 266 g/mol. The van der Waals surface area contributed by atoms with Crippen LogP contribution in [0.3, 0.4) is 0 Å². The molecule has 0 radical (unpaired) electrons. The van der Waals surface area contributed by atoms with Crippen LogP contribution in [-0.2, 0) is 9.59 Å². The van der Waals surface area contributed by atoms with E-state index in [-0.39, 0.29) is 31.0 Å². The fraction of sp³-hybridized carbons (Fsp3) is 0.500. The van der Waals surface area contributed by atoms with Crippen LogP contribution in [0.5, 0.6) is 5.19 Å². The van der Waals surface area contributed by atoms with E-state index >= 15 is 0 Å². The number of hydrogen-bond donors (Lipinski definition) is 1. The molecule has 1 aromatic heterocycles. The molecular weight excluding hydrogens is 251 g/mol. The number of aromatic nitrogens is 1. The SMILES string of the molecule is CC(C)C[C@H](NC=O)C(=O)Oc1nccs1.[H-].[Na+]. The van der Waals surface area contributed by atoms with E-state index in [0.29, 0.717) is 23.9 Å². The summed E-state index contributed by atoms with van der Waals surface area (Å²) in [6, 6.07) is -0.610. The first-order valence-corrected chi connectivity index (χ1v) is 5.82. The van der Waals surface area contributed by atoms with E-state index in [2.05, 4.69) is 10.3 Å². The fourth-order valence-corrected chi connectivity index (χ4v) is 1.69. The Labute approximate surface area is 128 Å². The van der Waals surface area contributed by atoms with Crippen LogP contribution in [-0.4, -0.2) is 23.4 Å². The number of nitrogens with one attached hydrogen (secondary N) is 1. The standard InChI is InChI=1S/C10H14N2O3S.Na.H/c1-7(2)5-8(12-6-13)9(14)15-10-11-3-4-16-10;;/h3-4,6-8H,5H2,1-2H3,(H,12,13);;/q;+1;-1/t8-;;/m0../s1. The third-order valence-electron chi connectivity index (χ3n) is 1.86. The Bertz CT molecular complexity index is 349. The Morgan fingerprint density at radius 3 is 2.88 bits per heavy atom. The fourth-order valence-electron chi connectivity index (χ4n) is 1.20. The number of ether oxygens (including phenoxy) is 1. The van der Waals surface area contributed by atoms with Crippen LogP contribution in [0.2, 0.25) is 0 Å². The van der Waals surface area contributed by atoms with E-state index in [1.54, 1.807) is 11.6 Å². The summed E-state index contributed by atoms with van der Waals surface area (Å²) >= 11 is 1.24. The molecule has 0 spiro atoms. The van der Waals surface area contributed by atoms with Crippen LogP contribution in [0.4, 0.5) is 0 Å². The van der Waals surface area contributed by atoms with Crippen molar-refractivity contribution in [1.82, 2.24) is 10.3 Å². The normalized spacial score (nSPS) is 11.5. The van der Waals surface area contributed by atoms with Crippen molar-refractivity contribution in [3.8, 4) is 5.19 Å². The van der Waals surface area contributed by atoms with E-state index in [4.69, 9.17) is 4.74 Å². The molecule has 1 rings (SSSR count).